The molecule has 4 aromatic rings. The molecule has 31 heavy (non-hydrogen) atoms. The SMILES string of the molecule is CCCCOc1ccc(C=c2sc3nc(C4COc5ccccc5O4)nn3c2=O)cc1. The fraction of sp³-hybridized carbons (Fsp3) is 0.261. The number of unbranched alkanes of at least 4 members (excludes halogenated alkanes) is 1. The first-order valence-electron chi connectivity index (χ1n) is 10.2. The molecule has 0 N–H and O–H groups in total. The van der Waals surface area contributed by atoms with E-state index in [1.807, 2.05) is 54.6 Å². The van der Waals surface area contributed by atoms with Gasteiger partial charge >= 0.3 is 0 Å². The lowest BCUT2D eigenvalue weighted by molar-refractivity contribution is 0.0852. The second kappa shape index (κ2) is 8.39. The summed E-state index contributed by atoms with van der Waals surface area (Å²) in [6.07, 6.45) is 3.52. The summed E-state index contributed by atoms with van der Waals surface area (Å²) in [5.74, 6) is 2.62. The molecule has 0 saturated heterocycles. The number of aromatic nitrogens is 3. The highest BCUT2D eigenvalue weighted by molar-refractivity contribution is 7.15. The first-order valence-corrected chi connectivity index (χ1v) is 11.1. The van der Waals surface area contributed by atoms with Crippen molar-refractivity contribution in [2.45, 2.75) is 25.9 Å². The summed E-state index contributed by atoms with van der Waals surface area (Å²) in [6.45, 7) is 3.14. The molecule has 0 radical (unpaired) electrons. The van der Waals surface area contributed by atoms with Crippen LogP contribution in [0.4, 0.5) is 0 Å². The van der Waals surface area contributed by atoms with Crippen molar-refractivity contribution >= 4 is 22.4 Å². The standard InChI is InChI=1S/C23H21N3O4S/c1-2-3-12-28-16-10-8-15(9-11-16)13-20-22(27)26-23(31-20)24-21(25-26)19-14-29-17-6-4-5-7-18(17)30-19/h4-11,13,19H,2-3,12,14H2,1H3. The molecule has 1 aliphatic rings. The first-order chi connectivity index (χ1) is 15.2. The van der Waals surface area contributed by atoms with Crippen LogP contribution in [-0.4, -0.2) is 27.8 Å². The Labute approximate surface area is 182 Å². The Balaban J connectivity index is 1.37. The molecular weight excluding hydrogens is 414 g/mol. The van der Waals surface area contributed by atoms with Crippen molar-refractivity contribution in [1.29, 1.82) is 0 Å². The van der Waals surface area contributed by atoms with Gasteiger partial charge in [0.2, 0.25) is 4.96 Å². The molecule has 0 amide bonds. The average Bonchev–Trinajstić information content (AvgIpc) is 3.34. The largest absolute Gasteiger partial charge is 0.494 e. The highest BCUT2D eigenvalue weighted by Crippen LogP contribution is 2.35. The minimum absolute atomic E-state index is 0.195. The van der Waals surface area contributed by atoms with Crippen molar-refractivity contribution in [3.8, 4) is 17.2 Å². The zero-order valence-corrected chi connectivity index (χ0v) is 17.8. The van der Waals surface area contributed by atoms with Crippen LogP contribution in [-0.2, 0) is 0 Å². The minimum atomic E-state index is -0.450. The molecule has 7 nitrogen and oxygen atoms in total. The zero-order chi connectivity index (χ0) is 21.2. The van der Waals surface area contributed by atoms with Crippen LogP contribution in [0.2, 0.25) is 0 Å². The van der Waals surface area contributed by atoms with Crippen LogP contribution >= 0.6 is 11.3 Å². The topological polar surface area (TPSA) is 74.9 Å². The molecule has 0 saturated carbocycles. The molecule has 0 spiro atoms. The lowest BCUT2D eigenvalue weighted by Crippen LogP contribution is -2.26. The molecule has 158 valence electrons. The molecule has 0 fully saturated rings. The third-order valence-corrected chi connectivity index (χ3v) is 5.90. The normalized spacial score (nSPS) is 16.0. The van der Waals surface area contributed by atoms with E-state index in [1.165, 1.54) is 15.9 Å². The van der Waals surface area contributed by atoms with E-state index in [0.717, 1.165) is 24.2 Å². The minimum Gasteiger partial charge on any atom is -0.494 e. The van der Waals surface area contributed by atoms with Gasteiger partial charge in [-0.15, -0.1) is 5.10 Å². The Hall–Kier alpha value is -3.39. The maximum atomic E-state index is 12.8. The molecule has 3 heterocycles. The number of para-hydroxylation sites is 2. The third-order valence-electron chi connectivity index (χ3n) is 4.94. The molecule has 0 bridgehead atoms. The summed E-state index contributed by atoms with van der Waals surface area (Å²) in [5, 5.41) is 4.39. The average molecular weight is 436 g/mol. The van der Waals surface area contributed by atoms with Crippen molar-refractivity contribution < 1.29 is 14.2 Å². The monoisotopic (exact) mass is 435 g/mol. The Morgan fingerprint density at radius 2 is 2.00 bits per heavy atom. The Morgan fingerprint density at radius 1 is 1.19 bits per heavy atom. The van der Waals surface area contributed by atoms with Gasteiger partial charge in [0.25, 0.3) is 5.56 Å². The summed E-state index contributed by atoms with van der Waals surface area (Å²) in [7, 11) is 0. The number of ether oxygens (including phenoxy) is 3. The molecular formula is C23H21N3O4S. The summed E-state index contributed by atoms with van der Waals surface area (Å²) in [6, 6.07) is 15.2. The van der Waals surface area contributed by atoms with E-state index < -0.39 is 6.10 Å². The van der Waals surface area contributed by atoms with E-state index in [-0.39, 0.29) is 5.56 Å². The number of rotatable bonds is 6. The van der Waals surface area contributed by atoms with E-state index in [4.69, 9.17) is 14.2 Å². The fourth-order valence-electron chi connectivity index (χ4n) is 3.28. The lowest BCUT2D eigenvalue weighted by atomic mass is 10.2. The van der Waals surface area contributed by atoms with Gasteiger partial charge in [-0.25, -0.2) is 0 Å². The van der Waals surface area contributed by atoms with Gasteiger partial charge in [-0.2, -0.15) is 9.50 Å². The summed E-state index contributed by atoms with van der Waals surface area (Å²) >= 11 is 1.30. The van der Waals surface area contributed by atoms with Gasteiger partial charge in [0, 0.05) is 0 Å². The number of nitrogens with zero attached hydrogens (tertiary/aromatic N) is 3. The van der Waals surface area contributed by atoms with Crippen molar-refractivity contribution in [1.82, 2.24) is 14.6 Å². The maximum absolute atomic E-state index is 12.8. The van der Waals surface area contributed by atoms with Gasteiger partial charge in [-0.05, 0) is 42.3 Å². The second-order valence-electron chi connectivity index (χ2n) is 7.22. The predicted octanol–water partition coefficient (Wildman–Crippen LogP) is 3.39. The molecule has 5 rings (SSSR count). The van der Waals surface area contributed by atoms with Crippen molar-refractivity contribution in [2.75, 3.05) is 13.2 Å². The zero-order valence-electron chi connectivity index (χ0n) is 17.0. The van der Waals surface area contributed by atoms with Crippen molar-refractivity contribution in [3.05, 3.63) is 74.8 Å². The van der Waals surface area contributed by atoms with E-state index in [0.29, 0.717) is 40.0 Å². The fourth-order valence-corrected chi connectivity index (χ4v) is 4.19. The van der Waals surface area contributed by atoms with Gasteiger partial charge in [0.15, 0.2) is 23.4 Å². The van der Waals surface area contributed by atoms with Gasteiger partial charge in [-0.3, -0.25) is 4.79 Å². The maximum Gasteiger partial charge on any atom is 0.291 e. The van der Waals surface area contributed by atoms with Gasteiger partial charge < -0.3 is 14.2 Å². The molecule has 2 aromatic heterocycles. The van der Waals surface area contributed by atoms with Gasteiger partial charge in [-0.1, -0.05) is 48.9 Å². The van der Waals surface area contributed by atoms with Crippen molar-refractivity contribution in [3.63, 3.8) is 0 Å². The van der Waals surface area contributed by atoms with Crippen LogP contribution in [0.5, 0.6) is 17.2 Å². The lowest BCUT2D eigenvalue weighted by Gasteiger charge is -2.24. The van der Waals surface area contributed by atoms with Gasteiger partial charge in [0.1, 0.15) is 12.4 Å². The highest BCUT2D eigenvalue weighted by Gasteiger charge is 2.27. The molecule has 2 aromatic carbocycles. The Bertz CT molecular complexity index is 1310. The number of fused-ring (bicyclic) bond motifs is 2. The summed E-state index contributed by atoms with van der Waals surface area (Å²) in [5.41, 5.74) is 0.726. The number of hydrogen-bond donors (Lipinski definition) is 0. The van der Waals surface area contributed by atoms with E-state index in [1.54, 1.807) is 0 Å². The van der Waals surface area contributed by atoms with Gasteiger partial charge in [0.05, 0.1) is 11.1 Å². The predicted molar refractivity (Wildman–Crippen MR) is 118 cm³/mol. The number of hydrogen-bond acceptors (Lipinski definition) is 7. The van der Waals surface area contributed by atoms with E-state index in [2.05, 4.69) is 17.0 Å². The summed E-state index contributed by atoms with van der Waals surface area (Å²) in [4.78, 5) is 17.9. The van der Waals surface area contributed by atoms with Crippen LogP contribution in [0.25, 0.3) is 11.0 Å². The third kappa shape index (κ3) is 3.98. The highest BCUT2D eigenvalue weighted by atomic mass is 32.1. The molecule has 1 unspecified atom stereocenters. The van der Waals surface area contributed by atoms with E-state index >= 15 is 0 Å². The van der Waals surface area contributed by atoms with E-state index in [9.17, 15) is 4.79 Å². The van der Waals surface area contributed by atoms with Crippen LogP contribution < -0.4 is 24.3 Å². The molecule has 1 aliphatic heterocycles. The molecule has 0 aliphatic carbocycles. The van der Waals surface area contributed by atoms with Crippen LogP contribution in [0.1, 0.15) is 37.3 Å². The molecule has 8 heteroatoms. The van der Waals surface area contributed by atoms with Crippen LogP contribution in [0, 0.1) is 0 Å². The second-order valence-corrected chi connectivity index (χ2v) is 8.22. The number of benzene rings is 2. The quantitative estimate of drug-likeness (QED) is 0.432. The Kier molecular flexibility index (Phi) is 5.30. The first kappa shape index (κ1) is 19.6. The van der Waals surface area contributed by atoms with Crippen LogP contribution in [0.3, 0.4) is 0 Å². The number of thiazole rings is 1. The smallest absolute Gasteiger partial charge is 0.291 e. The summed E-state index contributed by atoms with van der Waals surface area (Å²) < 4.78 is 19.3. The van der Waals surface area contributed by atoms with Crippen molar-refractivity contribution in [2.24, 2.45) is 0 Å². The van der Waals surface area contributed by atoms with Crippen LogP contribution in [0.15, 0.2) is 53.3 Å². The Morgan fingerprint density at radius 3 is 2.77 bits per heavy atom. The molecule has 1 atom stereocenters.